The van der Waals surface area contributed by atoms with Crippen molar-refractivity contribution >= 4 is 46.5 Å². The highest BCUT2D eigenvalue weighted by Crippen LogP contribution is 2.24. The Hall–Kier alpha value is -1.59. The topological polar surface area (TPSA) is 72.5 Å². The summed E-state index contributed by atoms with van der Waals surface area (Å²) in [7, 11) is 1.26. The van der Waals surface area contributed by atoms with Crippen LogP contribution in [-0.2, 0) is 14.3 Å². The third kappa shape index (κ3) is 4.83. The van der Waals surface area contributed by atoms with Gasteiger partial charge in [0.05, 0.1) is 24.2 Å². The molecule has 0 aliphatic heterocycles. The fourth-order valence-electron chi connectivity index (χ4n) is 1.44. The largest absolute Gasteiger partial charge is 0.469 e. The first-order valence-electron chi connectivity index (χ1n) is 5.73. The second-order valence-corrected chi connectivity index (χ2v) is 4.55. The van der Waals surface area contributed by atoms with Crippen molar-refractivity contribution in [2.75, 3.05) is 18.3 Å². The Morgan fingerprint density at radius 2 is 1.95 bits per heavy atom. The van der Waals surface area contributed by atoms with Gasteiger partial charge in [0.1, 0.15) is 5.88 Å². The lowest BCUT2D eigenvalue weighted by Gasteiger charge is -2.07. The normalized spacial score (nSPS) is 9.95. The van der Waals surface area contributed by atoms with E-state index >= 15 is 0 Å². The van der Waals surface area contributed by atoms with E-state index in [9.17, 15) is 14.4 Å². The summed E-state index contributed by atoms with van der Waals surface area (Å²) in [5, 5.41) is 2.73. The van der Waals surface area contributed by atoms with Gasteiger partial charge >= 0.3 is 5.97 Å². The van der Waals surface area contributed by atoms with E-state index in [0.717, 1.165) is 0 Å². The average molecular weight is 318 g/mol. The van der Waals surface area contributed by atoms with Gasteiger partial charge in [0.25, 0.3) is 0 Å². The van der Waals surface area contributed by atoms with Crippen LogP contribution in [0.3, 0.4) is 0 Å². The van der Waals surface area contributed by atoms with E-state index in [0.29, 0.717) is 11.3 Å². The summed E-state index contributed by atoms with van der Waals surface area (Å²) < 4.78 is 4.46. The van der Waals surface area contributed by atoms with Crippen LogP contribution in [-0.4, -0.2) is 30.6 Å². The molecular weight excluding hydrogens is 305 g/mol. The van der Waals surface area contributed by atoms with Crippen LogP contribution in [0.15, 0.2) is 18.2 Å². The van der Waals surface area contributed by atoms with Crippen LogP contribution >= 0.6 is 23.2 Å². The number of benzene rings is 1. The van der Waals surface area contributed by atoms with Crippen LogP contribution in [0.4, 0.5) is 5.69 Å². The number of amides is 1. The molecule has 0 bridgehead atoms. The molecule has 0 fully saturated rings. The molecule has 0 spiro atoms. The van der Waals surface area contributed by atoms with Crippen LogP contribution in [0.2, 0.25) is 5.02 Å². The lowest BCUT2D eigenvalue weighted by atomic mass is 10.1. The third-order valence-electron chi connectivity index (χ3n) is 2.47. The third-order valence-corrected chi connectivity index (χ3v) is 3.03. The van der Waals surface area contributed by atoms with Crippen molar-refractivity contribution in [3.8, 4) is 0 Å². The fourth-order valence-corrected chi connectivity index (χ4v) is 1.73. The van der Waals surface area contributed by atoms with E-state index in [1.165, 1.54) is 25.3 Å². The number of ketones is 1. The molecular formula is C13H13Cl2NO4. The number of carbonyl (C=O) groups is 3. The van der Waals surface area contributed by atoms with Crippen molar-refractivity contribution in [3.63, 3.8) is 0 Å². The average Bonchev–Trinajstić information content (AvgIpc) is 2.46. The quantitative estimate of drug-likeness (QED) is 0.497. The number of halogens is 2. The first-order valence-corrected chi connectivity index (χ1v) is 6.64. The summed E-state index contributed by atoms with van der Waals surface area (Å²) in [4.78, 5) is 33.9. The number of carbonyl (C=O) groups excluding carboxylic acids is 3. The molecule has 0 atom stereocenters. The number of Topliss-reactive ketones (excluding diaryl/α,β-unsaturated/α-hetero) is 1. The van der Waals surface area contributed by atoms with E-state index in [2.05, 4.69) is 10.1 Å². The van der Waals surface area contributed by atoms with E-state index in [4.69, 9.17) is 23.2 Å². The Morgan fingerprint density at radius 3 is 2.50 bits per heavy atom. The van der Waals surface area contributed by atoms with Gasteiger partial charge in [-0.15, -0.1) is 11.6 Å². The number of hydrogen-bond donors (Lipinski definition) is 1. The number of methoxy groups -OCH3 is 1. The molecule has 0 aliphatic carbocycles. The molecule has 0 saturated carbocycles. The summed E-state index contributed by atoms with van der Waals surface area (Å²) >= 11 is 11.3. The highest BCUT2D eigenvalue weighted by molar-refractivity contribution is 6.35. The number of anilines is 1. The van der Waals surface area contributed by atoms with E-state index in [-0.39, 0.29) is 29.5 Å². The summed E-state index contributed by atoms with van der Waals surface area (Å²) in [6.07, 6.45) is 0.0497. The van der Waals surface area contributed by atoms with Gasteiger partial charge in [0.2, 0.25) is 5.91 Å². The molecule has 7 heteroatoms. The van der Waals surface area contributed by atoms with E-state index < -0.39 is 11.9 Å². The predicted molar refractivity (Wildman–Crippen MR) is 76.4 cm³/mol. The number of esters is 1. The SMILES string of the molecule is COC(=O)CCC(=O)c1ccc(NC(=O)CCl)c(Cl)c1. The highest BCUT2D eigenvalue weighted by atomic mass is 35.5. The molecule has 1 aromatic carbocycles. The van der Waals surface area contributed by atoms with E-state index in [1.54, 1.807) is 0 Å². The molecule has 108 valence electrons. The number of nitrogens with one attached hydrogen (secondary N) is 1. The molecule has 20 heavy (non-hydrogen) atoms. The van der Waals surface area contributed by atoms with Crippen LogP contribution in [0, 0.1) is 0 Å². The van der Waals surface area contributed by atoms with Crippen LogP contribution in [0.25, 0.3) is 0 Å². The minimum atomic E-state index is -0.449. The van der Waals surface area contributed by atoms with Crippen LogP contribution in [0.5, 0.6) is 0 Å². The standard InChI is InChI=1S/C13H13Cl2NO4/c1-20-13(19)5-4-11(17)8-2-3-10(9(15)6-8)16-12(18)7-14/h2-3,6H,4-5,7H2,1H3,(H,16,18). The number of alkyl halides is 1. The molecule has 1 amide bonds. The van der Waals surface area contributed by atoms with Gasteiger partial charge in [-0.05, 0) is 18.2 Å². The minimum absolute atomic E-state index is 0.0116. The fraction of sp³-hybridized carbons (Fsp3) is 0.308. The maximum absolute atomic E-state index is 11.8. The van der Waals surface area contributed by atoms with Crippen molar-refractivity contribution in [2.24, 2.45) is 0 Å². The second-order valence-electron chi connectivity index (χ2n) is 3.88. The molecule has 0 heterocycles. The predicted octanol–water partition coefficient (Wildman–Crippen LogP) is 2.65. The zero-order valence-corrected chi connectivity index (χ0v) is 12.3. The molecule has 1 aromatic rings. The lowest BCUT2D eigenvalue weighted by molar-refractivity contribution is -0.140. The zero-order chi connectivity index (χ0) is 15.1. The monoisotopic (exact) mass is 317 g/mol. The summed E-state index contributed by atoms with van der Waals surface area (Å²) in [5.41, 5.74) is 0.740. The van der Waals surface area contributed by atoms with Gasteiger partial charge in [-0.1, -0.05) is 11.6 Å². The Labute approximate surface area is 126 Å². The highest BCUT2D eigenvalue weighted by Gasteiger charge is 2.12. The van der Waals surface area contributed by atoms with Crippen LogP contribution < -0.4 is 5.32 Å². The molecule has 0 radical (unpaired) electrons. The van der Waals surface area contributed by atoms with Gasteiger partial charge in [-0.25, -0.2) is 0 Å². The second kappa shape index (κ2) is 7.87. The first kappa shape index (κ1) is 16.5. The maximum atomic E-state index is 11.8. The smallest absolute Gasteiger partial charge is 0.305 e. The van der Waals surface area contributed by atoms with Crippen molar-refractivity contribution in [3.05, 3.63) is 28.8 Å². The maximum Gasteiger partial charge on any atom is 0.305 e. The number of hydrogen-bond acceptors (Lipinski definition) is 4. The Bertz CT molecular complexity index is 531. The van der Waals surface area contributed by atoms with Gasteiger partial charge < -0.3 is 10.1 Å². The van der Waals surface area contributed by atoms with Gasteiger partial charge in [-0.3, -0.25) is 14.4 Å². The Kier molecular flexibility index (Phi) is 6.48. The molecule has 0 aromatic heterocycles. The zero-order valence-electron chi connectivity index (χ0n) is 10.7. The molecule has 1 rings (SSSR count). The molecule has 0 unspecified atom stereocenters. The lowest BCUT2D eigenvalue weighted by Crippen LogP contribution is -2.13. The first-order chi connectivity index (χ1) is 9.47. The van der Waals surface area contributed by atoms with Crippen LogP contribution in [0.1, 0.15) is 23.2 Å². The summed E-state index contributed by atoms with van der Waals surface area (Å²) in [6, 6.07) is 4.47. The number of rotatable bonds is 6. The molecule has 0 saturated heterocycles. The van der Waals surface area contributed by atoms with Crippen molar-refractivity contribution < 1.29 is 19.1 Å². The van der Waals surface area contributed by atoms with E-state index in [1.807, 2.05) is 0 Å². The van der Waals surface area contributed by atoms with Gasteiger partial charge in [0.15, 0.2) is 5.78 Å². The Balaban J connectivity index is 2.73. The van der Waals surface area contributed by atoms with Gasteiger partial charge in [-0.2, -0.15) is 0 Å². The molecule has 0 aliphatic rings. The molecule has 5 nitrogen and oxygen atoms in total. The summed E-state index contributed by atoms with van der Waals surface area (Å²) in [6.45, 7) is 0. The van der Waals surface area contributed by atoms with Crippen molar-refractivity contribution in [1.29, 1.82) is 0 Å². The Morgan fingerprint density at radius 1 is 1.25 bits per heavy atom. The number of ether oxygens (including phenoxy) is 1. The van der Waals surface area contributed by atoms with Crippen molar-refractivity contribution in [2.45, 2.75) is 12.8 Å². The van der Waals surface area contributed by atoms with Gasteiger partial charge in [0, 0.05) is 12.0 Å². The minimum Gasteiger partial charge on any atom is -0.469 e. The molecule has 1 N–H and O–H groups in total. The van der Waals surface area contributed by atoms with Crippen molar-refractivity contribution in [1.82, 2.24) is 0 Å². The summed E-state index contributed by atoms with van der Waals surface area (Å²) in [5.74, 6) is -1.25.